The Hall–Kier alpha value is -3.54. The Morgan fingerprint density at radius 2 is 1.93 bits per heavy atom. The highest BCUT2D eigenvalue weighted by Gasteiger charge is 2.25. The van der Waals surface area contributed by atoms with Gasteiger partial charge in [0.05, 0.1) is 12.6 Å². The molecule has 4 aromatic rings. The fourth-order valence-corrected chi connectivity index (χ4v) is 3.46. The van der Waals surface area contributed by atoms with Crippen LogP contribution in [0.2, 0.25) is 0 Å². The maximum atomic E-state index is 5.42. The number of anilines is 2. The van der Waals surface area contributed by atoms with Gasteiger partial charge < -0.3 is 9.64 Å². The quantitative estimate of drug-likeness (QED) is 0.557. The molecule has 0 spiro atoms. The van der Waals surface area contributed by atoms with Crippen LogP contribution in [-0.2, 0) is 6.42 Å². The maximum absolute atomic E-state index is 5.42. The molecule has 5 rings (SSSR count). The Kier molecular flexibility index (Phi) is 3.67. The smallest absolute Gasteiger partial charge is 0.163 e. The molecule has 0 atom stereocenters. The monoisotopic (exact) mass is 355 g/mol. The molecule has 1 aliphatic heterocycles. The molecule has 1 aromatic carbocycles. The molecule has 0 saturated heterocycles. The van der Waals surface area contributed by atoms with E-state index in [-0.39, 0.29) is 0 Å². The zero-order valence-corrected chi connectivity index (χ0v) is 14.8. The van der Waals surface area contributed by atoms with E-state index in [1.165, 1.54) is 5.56 Å². The number of fused-ring (bicyclic) bond motifs is 2. The van der Waals surface area contributed by atoms with Crippen molar-refractivity contribution in [2.45, 2.75) is 6.42 Å². The molecule has 0 saturated carbocycles. The van der Waals surface area contributed by atoms with Crippen molar-refractivity contribution in [3.63, 3.8) is 0 Å². The lowest BCUT2D eigenvalue weighted by Gasteiger charge is -2.20. The van der Waals surface area contributed by atoms with Crippen LogP contribution >= 0.6 is 0 Å². The number of aromatic nitrogens is 4. The van der Waals surface area contributed by atoms with E-state index in [9.17, 15) is 0 Å². The predicted octanol–water partition coefficient (Wildman–Crippen LogP) is 3.79. The lowest BCUT2D eigenvalue weighted by molar-refractivity contribution is 0.415. The lowest BCUT2D eigenvalue weighted by atomic mass is 10.2. The van der Waals surface area contributed by atoms with Crippen LogP contribution in [0.5, 0.6) is 5.75 Å². The van der Waals surface area contributed by atoms with Crippen molar-refractivity contribution in [1.29, 1.82) is 0 Å². The van der Waals surface area contributed by atoms with Crippen LogP contribution < -0.4 is 9.64 Å². The SMILES string of the molecule is COc1ccc2nc(-c3cccnc3)nc(N3CCc4cccnc43)c2c1. The third-order valence-electron chi connectivity index (χ3n) is 4.79. The largest absolute Gasteiger partial charge is 0.497 e. The number of rotatable bonds is 3. The Morgan fingerprint density at radius 3 is 2.78 bits per heavy atom. The molecule has 0 bridgehead atoms. The predicted molar refractivity (Wildman–Crippen MR) is 104 cm³/mol. The maximum Gasteiger partial charge on any atom is 0.163 e. The minimum absolute atomic E-state index is 0.653. The molecule has 0 fully saturated rings. The van der Waals surface area contributed by atoms with Crippen LogP contribution in [-0.4, -0.2) is 33.6 Å². The van der Waals surface area contributed by atoms with Crippen LogP contribution in [0.1, 0.15) is 5.56 Å². The van der Waals surface area contributed by atoms with Crippen molar-refractivity contribution in [2.75, 3.05) is 18.6 Å². The van der Waals surface area contributed by atoms with E-state index in [0.717, 1.165) is 46.8 Å². The highest BCUT2D eigenvalue weighted by atomic mass is 16.5. The first-order valence-corrected chi connectivity index (χ1v) is 8.81. The van der Waals surface area contributed by atoms with Crippen LogP contribution in [0, 0.1) is 0 Å². The van der Waals surface area contributed by atoms with E-state index in [1.54, 1.807) is 19.5 Å². The first kappa shape index (κ1) is 15.7. The summed E-state index contributed by atoms with van der Waals surface area (Å²) in [4.78, 5) is 20.6. The zero-order chi connectivity index (χ0) is 18.2. The molecule has 4 heterocycles. The molecule has 0 aliphatic carbocycles. The number of nitrogens with zero attached hydrogens (tertiary/aromatic N) is 5. The summed E-state index contributed by atoms with van der Waals surface area (Å²) in [7, 11) is 1.67. The Morgan fingerprint density at radius 1 is 1.00 bits per heavy atom. The van der Waals surface area contributed by atoms with Crippen molar-refractivity contribution in [3.05, 3.63) is 66.6 Å². The van der Waals surface area contributed by atoms with Gasteiger partial charge in [0.15, 0.2) is 5.82 Å². The van der Waals surface area contributed by atoms with Gasteiger partial charge in [0.1, 0.15) is 17.4 Å². The highest BCUT2D eigenvalue weighted by molar-refractivity contribution is 5.94. The Bertz CT molecular complexity index is 1130. The highest BCUT2D eigenvalue weighted by Crippen LogP contribution is 2.37. The Labute approximate surface area is 156 Å². The first-order valence-electron chi connectivity index (χ1n) is 8.81. The molecule has 132 valence electrons. The molecule has 6 heteroatoms. The topological polar surface area (TPSA) is 64.0 Å². The van der Waals surface area contributed by atoms with E-state index < -0.39 is 0 Å². The van der Waals surface area contributed by atoms with Gasteiger partial charge in [-0.15, -0.1) is 0 Å². The average Bonchev–Trinajstić information content (AvgIpc) is 3.17. The summed E-state index contributed by atoms with van der Waals surface area (Å²) in [5.74, 6) is 3.23. The minimum atomic E-state index is 0.653. The standard InChI is InChI=1S/C21H17N5O/c1-27-16-6-7-18-17(12-16)21(25-19(24-18)15-5-2-9-22-13-15)26-11-8-14-4-3-10-23-20(14)26/h2-7,9-10,12-13H,8,11H2,1H3. The average molecular weight is 355 g/mol. The van der Waals surface area contributed by atoms with Gasteiger partial charge in [-0.05, 0) is 48.4 Å². The molecule has 0 amide bonds. The summed E-state index contributed by atoms with van der Waals surface area (Å²) < 4.78 is 5.42. The zero-order valence-electron chi connectivity index (χ0n) is 14.8. The van der Waals surface area contributed by atoms with Gasteiger partial charge in [-0.2, -0.15) is 0 Å². The molecule has 0 radical (unpaired) electrons. The van der Waals surface area contributed by atoms with Gasteiger partial charge in [-0.3, -0.25) is 4.98 Å². The second-order valence-electron chi connectivity index (χ2n) is 6.38. The summed E-state index contributed by atoms with van der Waals surface area (Å²) in [6, 6.07) is 13.8. The third kappa shape index (κ3) is 2.66. The number of hydrogen-bond donors (Lipinski definition) is 0. The van der Waals surface area contributed by atoms with Crippen molar-refractivity contribution in [1.82, 2.24) is 19.9 Å². The van der Waals surface area contributed by atoms with Gasteiger partial charge in [0.2, 0.25) is 0 Å². The molecule has 0 unspecified atom stereocenters. The summed E-state index contributed by atoms with van der Waals surface area (Å²) in [6.45, 7) is 0.835. The fourth-order valence-electron chi connectivity index (χ4n) is 3.46. The number of benzene rings is 1. The van der Waals surface area contributed by atoms with Crippen LogP contribution in [0.4, 0.5) is 11.6 Å². The normalized spacial score (nSPS) is 13.0. The van der Waals surface area contributed by atoms with Gasteiger partial charge in [0.25, 0.3) is 0 Å². The van der Waals surface area contributed by atoms with Crippen LogP contribution in [0.25, 0.3) is 22.3 Å². The molecular formula is C21H17N5O. The number of ether oxygens (including phenoxy) is 1. The fraction of sp³-hybridized carbons (Fsp3) is 0.143. The molecular weight excluding hydrogens is 338 g/mol. The first-order chi connectivity index (χ1) is 13.3. The van der Waals surface area contributed by atoms with Crippen molar-refractivity contribution in [2.24, 2.45) is 0 Å². The van der Waals surface area contributed by atoms with Gasteiger partial charge in [-0.25, -0.2) is 15.0 Å². The molecule has 0 N–H and O–H groups in total. The number of methoxy groups -OCH3 is 1. The lowest BCUT2D eigenvalue weighted by Crippen LogP contribution is -2.17. The second-order valence-corrected chi connectivity index (χ2v) is 6.38. The van der Waals surface area contributed by atoms with Gasteiger partial charge in [-0.1, -0.05) is 6.07 Å². The molecule has 1 aliphatic rings. The summed E-state index contributed by atoms with van der Waals surface area (Å²) in [5, 5.41) is 0.945. The van der Waals surface area contributed by atoms with Crippen molar-refractivity contribution >= 4 is 22.5 Å². The molecule has 3 aromatic heterocycles. The number of hydrogen-bond acceptors (Lipinski definition) is 6. The van der Waals surface area contributed by atoms with Crippen molar-refractivity contribution in [3.8, 4) is 17.1 Å². The second kappa shape index (κ2) is 6.32. The van der Waals surface area contributed by atoms with Gasteiger partial charge >= 0.3 is 0 Å². The Balaban J connectivity index is 1.76. The molecule has 27 heavy (non-hydrogen) atoms. The summed E-state index contributed by atoms with van der Waals surface area (Å²) >= 11 is 0. The summed E-state index contributed by atoms with van der Waals surface area (Å²) in [6.07, 6.45) is 6.30. The van der Waals surface area contributed by atoms with Crippen LogP contribution in [0.15, 0.2) is 61.1 Å². The van der Waals surface area contributed by atoms with Crippen molar-refractivity contribution < 1.29 is 4.74 Å². The van der Waals surface area contributed by atoms with E-state index in [2.05, 4.69) is 20.9 Å². The van der Waals surface area contributed by atoms with E-state index in [4.69, 9.17) is 14.7 Å². The number of pyridine rings is 2. The van der Waals surface area contributed by atoms with E-state index in [0.29, 0.717) is 5.82 Å². The van der Waals surface area contributed by atoms with Crippen LogP contribution in [0.3, 0.4) is 0 Å². The summed E-state index contributed by atoms with van der Waals surface area (Å²) in [5.41, 5.74) is 2.98. The van der Waals surface area contributed by atoms with Gasteiger partial charge in [0, 0.05) is 36.1 Å². The molecule has 6 nitrogen and oxygen atoms in total. The third-order valence-corrected chi connectivity index (χ3v) is 4.79. The minimum Gasteiger partial charge on any atom is -0.497 e. The van der Waals surface area contributed by atoms with E-state index in [1.807, 2.05) is 42.6 Å². The van der Waals surface area contributed by atoms with E-state index >= 15 is 0 Å².